The smallest absolute Gasteiger partial charge is 0.322 e. The topological polar surface area (TPSA) is 86.7 Å². The summed E-state index contributed by atoms with van der Waals surface area (Å²) in [7, 11) is 0. The Morgan fingerprint density at radius 3 is 2.48 bits per heavy atom. The van der Waals surface area contributed by atoms with Gasteiger partial charge in [-0.1, -0.05) is 54.6 Å². The predicted molar refractivity (Wildman–Crippen MR) is 108 cm³/mol. The quantitative estimate of drug-likeness (QED) is 0.702. The summed E-state index contributed by atoms with van der Waals surface area (Å²) >= 11 is 0. The molecule has 3 aromatic carbocycles. The Morgan fingerprint density at radius 2 is 1.72 bits per heavy atom. The molecule has 4 rings (SSSR count). The van der Waals surface area contributed by atoms with E-state index in [2.05, 4.69) is 5.32 Å². The normalized spacial score (nSPS) is 16.5. The molecule has 1 heterocycles. The van der Waals surface area contributed by atoms with E-state index >= 15 is 0 Å². The van der Waals surface area contributed by atoms with Crippen LogP contribution in [0.2, 0.25) is 0 Å². The molecule has 29 heavy (non-hydrogen) atoms. The molecular formula is C23H20N2O4. The molecule has 3 aromatic rings. The van der Waals surface area contributed by atoms with Gasteiger partial charge >= 0.3 is 5.97 Å². The minimum Gasteiger partial charge on any atom is -0.480 e. The number of carboxylic acids is 1. The third kappa shape index (κ3) is 3.33. The number of benzene rings is 3. The number of carbonyl (C=O) groups is 3. The van der Waals surface area contributed by atoms with Crippen molar-refractivity contribution in [1.29, 1.82) is 0 Å². The highest BCUT2D eigenvalue weighted by Crippen LogP contribution is 2.40. The molecule has 146 valence electrons. The molecule has 6 nitrogen and oxygen atoms in total. The van der Waals surface area contributed by atoms with Gasteiger partial charge in [0, 0.05) is 5.56 Å². The van der Waals surface area contributed by atoms with Gasteiger partial charge in [-0.25, -0.2) is 0 Å². The molecule has 0 saturated heterocycles. The maximum atomic E-state index is 13.2. The van der Waals surface area contributed by atoms with Gasteiger partial charge in [-0.15, -0.1) is 0 Å². The Labute approximate surface area is 167 Å². The molecular weight excluding hydrogens is 368 g/mol. The lowest BCUT2D eigenvalue weighted by Crippen LogP contribution is -2.41. The highest BCUT2D eigenvalue weighted by molar-refractivity contribution is 6.05. The zero-order valence-electron chi connectivity index (χ0n) is 15.8. The molecule has 1 aliphatic heterocycles. The molecule has 2 amide bonds. The number of nitrogens with one attached hydrogen (secondary N) is 1. The van der Waals surface area contributed by atoms with Gasteiger partial charge in [0.15, 0.2) is 0 Å². The molecule has 0 aliphatic carbocycles. The summed E-state index contributed by atoms with van der Waals surface area (Å²) in [6.45, 7) is 1.38. The monoisotopic (exact) mass is 388 g/mol. The number of aliphatic carboxylic acids is 1. The first-order valence-electron chi connectivity index (χ1n) is 9.37. The van der Waals surface area contributed by atoms with Crippen LogP contribution in [-0.4, -0.2) is 34.3 Å². The van der Waals surface area contributed by atoms with Gasteiger partial charge in [-0.05, 0) is 41.0 Å². The van der Waals surface area contributed by atoms with Crippen LogP contribution in [0, 0.1) is 0 Å². The molecule has 1 aliphatic rings. The first-order chi connectivity index (χ1) is 14.0. The molecule has 2 unspecified atom stereocenters. The standard InChI is InChI=1S/C23H20N2O4/c1-14(16-11-10-15-6-2-3-7-17(15)12-16)25-21(22(28)24-13-20(26)27)18-8-4-5-9-19(18)23(25)29/h2-12,14,21H,13H2,1H3,(H,24,28)(H,26,27). The van der Waals surface area contributed by atoms with Gasteiger partial charge in [0.25, 0.3) is 5.91 Å². The van der Waals surface area contributed by atoms with Crippen LogP contribution in [0.5, 0.6) is 0 Å². The van der Waals surface area contributed by atoms with Gasteiger partial charge in [0.1, 0.15) is 12.6 Å². The number of amides is 2. The number of rotatable bonds is 5. The molecule has 0 fully saturated rings. The fraction of sp³-hybridized carbons (Fsp3) is 0.174. The maximum Gasteiger partial charge on any atom is 0.322 e. The lowest BCUT2D eigenvalue weighted by atomic mass is 10.00. The van der Waals surface area contributed by atoms with E-state index in [-0.39, 0.29) is 11.9 Å². The first kappa shape index (κ1) is 18.7. The van der Waals surface area contributed by atoms with Crippen molar-refractivity contribution < 1.29 is 19.5 Å². The Bertz CT molecular complexity index is 1120. The van der Waals surface area contributed by atoms with Gasteiger partial charge < -0.3 is 15.3 Å². The van der Waals surface area contributed by atoms with Gasteiger partial charge in [-0.2, -0.15) is 0 Å². The van der Waals surface area contributed by atoms with Crippen LogP contribution in [0.4, 0.5) is 0 Å². The van der Waals surface area contributed by atoms with E-state index in [0.717, 1.165) is 16.3 Å². The minimum absolute atomic E-state index is 0.239. The summed E-state index contributed by atoms with van der Waals surface area (Å²) < 4.78 is 0. The van der Waals surface area contributed by atoms with Crippen molar-refractivity contribution in [3.63, 3.8) is 0 Å². The van der Waals surface area contributed by atoms with Crippen molar-refractivity contribution in [2.75, 3.05) is 6.54 Å². The zero-order valence-corrected chi connectivity index (χ0v) is 15.8. The second kappa shape index (κ2) is 7.39. The van der Waals surface area contributed by atoms with E-state index < -0.39 is 24.5 Å². The largest absolute Gasteiger partial charge is 0.480 e. The summed E-state index contributed by atoms with van der Waals surface area (Å²) in [4.78, 5) is 38.4. The molecule has 6 heteroatoms. The Balaban J connectivity index is 1.73. The van der Waals surface area contributed by atoms with E-state index in [9.17, 15) is 14.4 Å². The van der Waals surface area contributed by atoms with Crippen LogP contribution in [0.1, 0.15) is 40.5 Å². The lowest BCUT2D eigenvalue weighted by molar-refractivity contribution is -0.138. The number of fused-ring (bicyclic) bond motifs is 2. The van der Waals surface area contributed by atoms with Crippen LogP contribution in [-0.2, 0) is 9.59 Å². The third-order valence-electron chi connectivity index (χ3n) is 5.33. The Morgan fingerprint density at radius 1 is 1.03 bits per heavy atom. The molecule has 0 spiro atoms. The second-order valence-electron chi connectivity index (χ2n) is 7.10. The average Bonchev–Trinajstić information content (AvgIpc) is 3.04. The Kier molecular flexibility index (Phi) is 4.76. The van der Waals surface area contributed by atoms with Crippen LogP contribution < -0.4 is 5.32 Å². The van der Waals surface area contributed by atoms with E-state index in [1.807, 2.05) is 49.4 Å². The fourth-order valence-corrected chi connectivity index (χ4v) is 3.89. The molecule has 0 radical (unpaired) electrons. The SMILES string of the molecule is CC(c1ccc2ccccc2c1)N1C(=O)c2ccccc2C1C(=O)NCC(=O)O. The van der Waals surface area contributed by atoms with Crippen molar-refractivity contribution in [1.82, 2.24) is 10.2 Å². The molecule has 0 aromatic heterocycles. The summed E-state index contributed by atoms with van der Waals surface area (Å²) in [5, 5.41) is 13.5. The average molecular weight is 388 g/mol. The third-order valence-corrected chi connectivity index (χ3v) is 5.33. The molecule has 0 saturated carbocycles. The highest BCUT2D eigenvalue weighted by Gasteiger charge is 2.43. The number of hydrogen-bond donors (Lipinski definition) is 2. The first-order valence-corrected chi connectivity index (χ1v) is 9.37. The minimum atomic E-state index is -1.13. The maximum absolute atomic E-state index is 13.2. The lowest BCUT2D eigenvalue weighted by Gasteiger charge is -2.31. The van der Waals surface area contributed by atoms with Crippen molar-refractivity contribution in [2.24, 2.45) is 0 Å². The highest BCUT2D eigenvalue weighted by atomic mass is 16.4. The van der Waals surface area contributed by atoms with Crippen LogP contribution in [0.3, 0.4) is 0 Å². The number of hydrogen-bond acceptors (Lipinski definition) is 3. The fourth-order valence-electron chi connectivity index (χ4n) is 3.89. The predicted octanol–water partition coefficient (Wildman–Crippen LogP) is 3.30. The summed E-state index contributed by atoms with van der Waals surface area (Å²) in [5.41, 5.74) is 1.96. The van der Waals surface area contributed by atoms with Crippen LogP contribution in [0.15, 0.2) is 66.7 Å². The van der Waals surface area contributed by atoms with Crippen LogP contribution in [0.25, 0.3) is 10.8 Å². The van der Waals surface area contributed by atoms with Crippen molar-refractivity contribution >= 4 is 28.6 Å². The van der Waals surface area contributed by atoms with E-state index in [1.54, 1.807) is 24.3 Å². The molecule has 0 bridgehead atoms. The van der Waals surface area contributed by atoms with Crippen molar-refractivity contribution in [3.05, 3.63) is 83.4 Å². The summed E-state index contributed by atoms with van der Waals surface area (Å²) in [6, 6.07) is 19.6. The van der Waals surface area contributed by atoms with Gasteiger partial charge in [-0.3, -0.25) is 14.4 Å². The van der Waals surface area contributed by atoms with Crippen molar-refractivity contribution in [2.45, 2.75) is 19.0 Å². The van der Waals surface area contributed by atoms with Crippen LogP contribution >= 0.6 is 0 Å². The second-order valence-corrected chi connectivity index (χ2v) is 7.10. The van der Waals surface area contributed by atoms with E-state index in [0.29, 0.717) is 11.1 Å². The van der Waals surface area contributed by atoms with E-state index in [4.69, 9.17) is 5.11 Å². The summed E-state index contributed by atoms with van der Waals surface area (Å²) in [6.07, 6.45) is 0. The van der Waals surface area contributed by atoms with Crippen molar-refractivity contribution in [3.8, 4) is 0 Å². The molecule has 2 N–H and O–H groups in total. The van der Waals surface area contributed by atoms with Gasteiger partial charge in [0.2, 0.25) is 5.91 Å². The molecule has 2 atom stereocenters. The number of carbonyl (C=O) groups excluding carboxylic acids is 2. The number of carboxylic acid groups (broad SMARTS) is 1. The zero-order chi connectivity index (χ0) is 20.5. The summed E-state index contributed by atoms with van der Waals surface area (Å²) in [5.74, 6) is -1.87. The van der Waals surface area contributed by atoms with E-state index in [1.165, 1.54) is 4.90 Å². The van der Waals surface area contributed by atoms with Gasteiger partial charge in [0.05, 0.1) is 6.04 Å². The number of nitrogens with zero attached hydrogens (tertiary/aromatic N) is 1. The Hall–Kier alpha value is -3.67.